The van der Waals surface area contributed by atoms with Crippen molar-refractivity contribution in [1.82, 2.24) is 0 Å². The normalized spacial score (nSPS) is 15.2. The Morgan fingerprint density at radius 2 is 0.918 bits per heavy atom. The molecule has 0 amide bonds. The van der Waals surface area contributed by atoms with Crippen LogP contribution in [0.1, 0.15) is 5.56 Å². The van der Waals surface area contributed by atoms with E-state index in [1.807, 2.05) is 18.2 Å². The molecule has 1 heterocycles. The molecule has 7 rings (SSSR count). The average Bonchev–Trinajstić information content (AvgIpc) is 3.89. The third-order valence-electron chi connectivity index (χ3n) is 8.89. The van der Waals surface area contributed by atoms with E-state index in [0.717, 1.165) is 5.56 Å². The second-order valence-corrected chi connectivity index (χ2v) is 23.0. The fourth-order valence-corrected chi connectivity index (χ4v) is 12.8. The van der Waals surface area contributed by atoms with E-state index >= 15 is 0 Å². The van der Waals surface area contributed by atoms with Gasteiger partial charge in [0.15, 0.2) is 0 Å². The molecule has 0 N–H and O–H groups in total. The van der Waals surface area contributed by atoms with Gasteiger partial charge < -0.3 is 0 Å². The van der Waals surface area contributed by atoms with Crippen molar-refractivity contribution < 1.29 is 17.1 Å². The molecule has 242 valence electrons. The van der Waals surface area contributed by atoms with Gasteiger partial charge in [-0.2, -0.15) is 0 Å². The Morgan fingerprint density at radius 1 is 0.490 bits per heavy atom. The van der Waals surface area contributed by atoms with Gasteiger partial charge in [-0.3, -0.25) is 0 Å². The third-order valence-corrected chi connectivity index (χ3v) is 17.8. The summed E-state index contributed by atoms with van der Waals surface area (Å²) in [5.41, 5.74) is 14.1. The van der Waals surface area contributed by atoms with Gasteiger partial charge in [0.2, 0.25) is 0 Å². The maximum Gasteiger partial charge on any atom is 0.139 e. The Morgan fingerprint density at radius 3 is 1.43 bits per heavy atom. The summed E-state index contributed by atoms with van der Waals surface area (Å²) < 4.78 is 0. The standard InChI is InChI=1S/C30H26PSi.C15H15Si.Fe/c1-32(2,26-20-12-13-21-26)30-28(24-16-8-4-9-17-24)22-27(23-14-6-3-7-15-23)29(31-30)25-18-10-5-11-19-25;1-16(2,15-10-6-7-11-15)13-12-14-8-4-3-5-9-14;/h3-22H,1-2H3;3-11H,1-2H3;. The molecule has 5 aromatic rings. The molecule has 0 spiro atoms. The molecule has 4 aromatic carbocycles. The van der Waals surface area contributed by atoms with Gasteiger partial charge in [-0.1, -0.05) is 149 Å². The zero-order valence-electron chi connectivity index (χ0n) is 28.5. The topological polar surface area (TPSA) is 0 Å². The monoisotopic (exact) mass is 724 g/mol. The van der Waals surface area contributed by atoms with Gasteiger partial charge in [0.1, 0.15) is 8.07 Å². The van der Waals surface area contributed by atoms with Crippen LogP contribution in [0.25, 0.3) is 33.1 Å². The summed E-state index contributed by atoms with van der Waals surface area (Å²) in [6.07, 6.45) is 17.5. The van der Waals surface area contributed by atoms with Gasteiger partial charge in [-0.05, 0) is 113 Å². The van der Waals surface area contributed by atoms with Crippen LogP contribution in [0, 0.1) is 73.9 Å². The van der Waals surface area contributed by atoms with Gasteiger partial charge in [-0.25, -0.2) is 0 Å². The summed E-state index contributed by atoms with van der Waals surface area (Å²) in [5.74, 6) is 3.28. The minimum absolute atomic E-state index is 0. The molecular formula is C45H41FePSi2. The second kappa shape index (κ2) is 17.3. The Hall–Kier alpha value is -2.96. The van der Waals surface area contributed by atoms with Crippen molar-refractivity contribution in [2.24, 2.45) is 0 Å². The van der Waals surface area contributed by atoms with Crippen LogP contribution in [0.15, 0.2) is 127 Å². The molecule has 10 radical (unpaired) electrons. The number of hydrogen-bond donors (Lipinski definition) is 0. The molecule has 0 bridgehead atoms. The van der Waals surface area contributed by atoms with E-state index in [2.05, 4.69) is 198 Å². The fraction of sp³-hybridized carbons (Fsp3) is 0.0889. The maximum atomic E-state index is 3.47. The molecule has 0 nitrogen and oxygen atoms in total. The van der Waals surface area contributed by atoms with E-state index in [0.29, 0.717) is 0 Å². The van der Waals surface area contributed by atoms with Gasteiger partial charge in [0.05, 0.1) is 8.07 Å². The second-order valence-electron chi connectivity index (χ2n) is 13.1. The molecule has 0 saturated heterocycles. The van der Waals surface area contributed by atoms with E-state index in [1.165, 1.54) is 52.4 Å². The van der Waals surface area contributed by atoms with Crippen molar-refractivity contribution in [2.45, 2.75) is 26.2 Å². The van der Waals surface area contributed by atoms with Crippen LogP contribution in [0.4, 0.5) is 0 Å². The smallest absolute Gasteiger partial charge is 0.126 e. The van der Waals surface area contributed by atoms with Crippen LogP contribution < -0.4 is 4.92 Å². The van der Waals surface area contributed by atoms with Crippen molar-refractivity contribution in [3.05, 3.63) is 195 Å². The average molecular weight is 725 g/mol. The molecular weight excluding hydrogens is 683 g/mol. The molecule has 2 aliphatic rings. The molecule has 0 aliphatic heterocycles. The van der Waals surface area contributed by atoms with Gasteiger partial charge in [0.25, 0.3) is 0 Å². The van der Waals surface area contributed by atoms with Crippen molar-refractivity contribution >= 4 is 29.3 Å². The third kappa shape index (κ3) is 9.24. The molecule has 49 heavy (non-hydrogen) atoms. The van der Waals surface area contributed by atoms with Crippen LogP contribution in [-0.4, -0.2) is 16.1 Å². The van der Waals surface area contributed by atoms with Crippen molar-refractivity contribution in [1.29, 1.82) is 0 Å². The van der Waals surface area contributed by atoms with Gasteiger partial charge in [0, 0.05) is 27.9 Å². The van der Waals surface area contributed by atoms with Crippen LogP contribution in [-0.2, 0) is 17.1 Å². The summed E-state index contributed by atoms with van der Waals surface area (Å²) in [5, 5.41) is 1.40. The van der Waals surface area contributed by atoms with Gasteiger partial charge in [-0.15, -0.1) is 5.54 Å². The first-order chi connectivity index (χ1) is 23.3. The largest absolute Gasteiger partial charge is 0.139 e. The number of benzene rings is 4. The Labute approximate surface area is 310 Å². The molecule has 0 atom stereocenters. The molecule has 2 saturated carbocycles. The zero-order valence-corrected chi connectivity index (χ0v) is 32.5. The summed E-state index contributed by atoms with van der Waals surface area (Å²) in [7, 11) is -2.13. The van der Waals surface area contributed by atoms with E-state index < -0.39 is 16.1 Å². The van der Waals surface area contributed by atoms with Crippen LogP contribution in [0.3, 0.4) is 0 Å². The number of hydrogen-bond acceptors (Lipinski definition) is 0. The Bertz CT molecular complexity index is 1820. The first-order valence-corrected chi connectivity index (χ1v) is 23.5. The number of rotatable bonds is 6. The van der Waals surface area contributed by atoms with E-state index in [-0.39, 0.29) is 17.1 Å². The quantitative estimate of drug-likeness (QED) is 0.121. The van der Waals surface area contributed by atoms with Crippen molar-refractivity contribution in [3.8, 4) is 44.6 Å². The fourth-order valence-electron chi connectivity index (χ4n) is 6.02. The van der Waals surface area contributed by atoms with E-state index in [1.54, 1.807) is 4.92 Å². The summed E-state index contributed by atoms with van der Waals surface area (Å²) in [4.78, 5) is 1.58. The van der Waals surface area contributed by atoms with Crippen LogP contribution >= 0.6 is 8.19 Å². The molecule has 4 heteroatoms. The summed E-state index contributed by atoms with van der Waals surface area (Å²) in [6.45, 7) is 9.58. The van der Waals surface area contributed by atoms with E-state index in [4.69, 9.17) is 0 Å². The SMILES string of the molecule is C[Si](C)(C#Cc1ccccc1)[C]1[CH][CH][CH][CH]1.C[Si](C)([C]1[CH][CH][CH][CH]1)c1pc(-c2ccccc2)c(-c2ccccc2)cc1-c1ccccc1.[Fe]. The molecule has 1 aromatic heterocycles. The summed E-state index contributed by atoms with van der Waals surface area (Å²) in [6, 6.07) is 45.3. The Kier molecular flexibility index (Phi) is 13.2. The van der Waals surface area contributed by atoms with Crippen molar-refractivity contribution in [3.63, 3.8) is 0 Å². The van der Waals surface area contributed by atoms with Crippen molar-refractivity contribution in [2.75, 3.05) is 0 Å². The zero-order chi connectivity index (χ0) is 33.4. The van der Waals surface area contributed by atoms with E-state index in [9.17, 15) is 0 Å². The minimum atomic E-state index is -1.88. The van der Waals surface area contributed by atoms with Gasteiger partial charge >= 0.3 is 0 Å². The first kappa shape index (κ1) is 37.3. The molecule has 2 fully saturated rings. The molecule has 0 unspecified atom stereocenters. The minimum Gasteiger partial charge on any atom is -0.126 e. The summed E-state index contributed by atoms with van der Waals surface area (Å²) >= 11 is 0. The Balaban J connectivity index is 0.000000233. The first-order valence-electron chi connectivity index (χ1n) is 16.6. The van der Waals surface area contributed by atoms with Crippen LogP contribution in [0.5, 0.6) is 0 Å². The predicted molar refractivity (Wildman–Crippen MR) is 214 cm³/mol. The van der Waals surface area contributed by atoms with Crippen LogP contribution in [0.2, 0.25) is 26.2 Å². The molecule has 2 aliphatic carbocycles. The predicted octanol–water partition coefficient (Wildman–Crippen LogP) is 11.4. The maximum absolute atomic E-state index is 3.47.